The van der Waals surface area contributed by atoms with Gasteiger partial charge in [0.1, 0.15) is 17.7 Å². The minimum absolute atomic E-state index is 0.228. The van der Waals surface area contributed by atoms with Gasteiger partial charge in [-0.3, -0.25) is 4.98 Å². The average molecular weight is 402 g/mol. The van der Waals surface area contributed by atoms with Crippen LogP contribution < -0.4 is 15.2 Å². The predicted octanol–water partition coefficient (Wildman–Crippen LogP) is 5.45. The average Bonchev–Trinajstić information content (AvgIpc) is 2.70. The molecule has 0 fully saturated rings. The van der Waals surface area contributed by atoms with E-state index >= 15 is 0 Å². The van der Waals surface area contributed by atoms with E-state index in [0.717, 1.165) is 12.0 Å². The van der Waals surface area contributed by atoms with Crippen LogP contribution in [0, 0.1) is 5.82 Å². The van der Waals surface area contributed by atoms with Crippen LogP contribution in [0.5, 0.6) is 11.5 Å². The zero-order valence-corrected chi connectivity index (χ0v) is 16.4. The number of rotatable bonds is 7. The summed E-state index contributed by atoms with van der Waals surface area (Å²) in [6.45, 7) is 4.45. The molecule has 28 heavy (non-hydrogen) atoms. The molecule has 0 saturated heterocycles. The highest BCUT2D eigenvalue weighted by molar-refractivity contribution is 6.31. The lowest BCUT2D eigenvalue weighted by molar-refractivity contribution is 0.227. The summed E-state index contributed by atoms with van der Waals surface area (Å²) < 4.78 is 25.0. The van der Waals surface area contributed by atoms with Gasteiger partial charge in [0.2, 0.25) is 0 Å². The van der Waals surface area contributed by atoms with E-state index in [9.17, 15) is 4.39 Å². The summed E-state index contributed by atoms with van der Waals surface area (Å²) in [5.74, 6) is 0.925. The summed E-state index contributed by atoms with van der Waals surface area (Å²) in [7, 11) is 0. The molecule has 1 aromatic carbocycles. The second-order valence-corrected chi connectivity index (χ2v) is 6.67. The monoisotopic (exact) mass is 401 g/mol. The van der Waals surface area contributed by atoms with Gasteiger partial charge in [0.15, 0.2) is 11.6 Å². The van der Waals surface area contributed by atoms with E-state index < -0.39 is 6.10 Å². The van der Waals surface area contributed by atoms with Gasteiger partial charge in [-0.05, 0) is 49.7 Å². The molecule has 5 nitrogen and oxygen atoms in total. The van der Waals surface area contributed by atoms with Crippen LogP contribution in [-0.2, 0) is 0 Å². The summed E-state index contributed by atoms with van der Waals surface area (Å²) >= 11 is 6.16. The number of aromatic nitrogens is 2. The van der Waals surface area contributed by atoms with E-state index in [0.29, 0.717) is 34.4 Å². The van der Waals surface area contributed by atoms with Crippen LogP contribution in [0.2, 0.25) is 5.02 Å². The first-order valence-electron chi connectivity index (χ1n) is 8.94. The first kappa shape index (κ1) is 19.9. The lowest BCUT2D eigenvalue weighted by atomic mass is 10.1. The van der Waals surface area contributed by atoms with E-state index in [2.05, 4.69) is 9.97 Å². The molecule has 1 atom stereocenters. The Bertz CT molecular complexity index is 951. The van der Waals surface area contributed by atoms with E-state index in [4.69, 9.17) is 26.8 Å². The largest absolute Gasteiger partial charge is 0.492 e. The molecule has 0 aliphatic heterocycles. The fraction of sp³-hybridized carbons (Fsp3) is 0.238. The Kier molecular flexibility index (Phi) is 6.31. The molecule has 2 N–H and O–H groups in total. The Morgan fingerprint density at radius 3 is 2.68 bits per heavy atom. The standard InChI is InChI=1S/C21H21ClFN3O2/c1-3-8-27-16-5-7-19(25-12-16)14-9-20(21(24)26-11-14)28-13(2)17-10-15(23)4-6-18(17)22/h4-7,9-13H,3,8H2,1-2H3,(H2,24,26). The lowest BCUT2D eigenvalue weighted by Gasteiger charge is -2.18. The molecular weight excluding hydrogens is 381 g/mol. The Labute approximate surface area is 168 Å². The Balaban J connectivity index is 1.82. The molecule has 2 heterocycles. The van der Waals surface area contributed by atoms with Crippen molar-refractivity contribution in [3.05, 3.63) is 65.2 Å². The molecule has 0 spiro atoms. The quantitative estimate of drug-likeness (QED) is 0.570. The molecule has 3 rings (SSSR count). The molecule has 0 radical (unpaired) electrons. The fourth-order valence-electron chi connectivity index (χ4n) is 2.63. The smallest absolute Gasteiger partial charge is 0.166 e. The molecule has 1 unspecified atom stereocenters. The number of nitrogen functional groups attached to an aromatic ring is 1. The summed E-state index contributed by atoms with van der Waals surface area (Å²) in [6.07, 6.45) is 3.70. The number of anilines is 1. The zero-order valence-electron chi connectivity index (χ0n) is 15.7. The number of halogens is 2. The molecule has 0 aliphatic rings. The third-order valence-electron chi connectivity index (χ3n) is 4.09. The van der Waals surface area contributed by atoms with Crippen molar-refractivity contribution in [2.45, 2.75) is 26.4 Å². The third-order valence-corrected chi connectivity index (χ3v) is 4.43. The lowest BCUT2D eigenvalue weighted by Crippen LogP contribution is -2.07. The predicted molar refractivity (Wildman–Crippen MR) is 108 cm³/mol. The first-order chi connectivity index (χ1) is 13.5. The van der Waals surface area contributed by atoms with Gasteiger partial charge in [-0.25, -0.2) is 9.37 Å². The minimum Gasteiger partial charge on any atom is -0.492 e. The van der Waals surface area contributed by atoms with Crippen LogP contribution in [0.4, 0.5) is 10.2 Å². The normalized spacial score (nSPS) is 11.9. The van der Waals surface area contributed by atoms with Crippen LogP contribution in [0.25, 0.3) is 11.3 Å². The maximum atomic E-state index is 13.6. The highest BCUT2D eigenvalue weighted by atomic mass is 35.5. The summed E-state index contributed by atoms with van der Waals surface area (Å²) in [6, 6.07) is 9.59. The number of nitrogens with zero attached hydrogens (tertiary/aromatic N) is 2. The van der Waals surface area contributed by atoms with Crippen LogP contribution in [0.15, 0.2) is 48.8 Å². The minimum atomic E-state index is -0.514. The fourth-order valence-corrected chi connectivity index (χ4v) is 2.90. The number of nitrogens with two attached hydrogens (primary N) is 1. The highest BCUT2D eigenvalue weighted by Gasteiger charge is 2.15. The number of hydrogen-bond acceptors (Lipinski definition) is 5. The van der Waals surface area contributed by atoms with Crippen molar-refractivity contribution in [1.82, 2.24) is 9.97 Å². The first-order valence-corrected chi connectivity index (χ1v) is 9.32. The van der Waals surface area contributed by atoms with Gasteiger partial charge >= 0.3 is 0 Å². The van der Waals surface area contributed by atoms with E-state index in [-0.39, 0.29) is 11.6 Å². The second-order valence-electron chi connectivity index (χ2n) is 6.26. The topological polar surface area (TPSA) is 70.3 Å². The molecule has 2 aromatic heterocycles. The van der Waals surface area contributed by atoms with Crippen molar-refractivity contribution in [1.29, 1.82) is 0 Å². The van der Waals surface area contributed by atoms with Crippen molar-refractivity contribution < 1.29 is 13.9 Å². The molecule has 0 aliphatic carbocycles. The van der Waals surface area contributed by atoms with Gasteiger partial charge in [0.25, 0.3) is 0 Å². The van der Waals surface area contributed by atoms with Crippen LogP contribution in [0.3, 0.4) is 0 Å². The molecule has 3 aromatic rings. The van der Waals surface area contributed by atoms with Gasteiger partial charge in [-0.15, -0.1) is 0 Å². The molecule has 0 saturated carbocycles. The van der Waals surface area contributed by atoms with Crippen molar-refractivity contribution in [2.75, 3.05) is 12.3 Å². The Hall–Kier alpha value is -2.86. The van der Waals surface area contributed by atoms with Crippen LogP contribution in [-0.4, -0.2) is 16.6 Å². The number of hydrogen-bond donors (Lipinski definition) is 1. The summed E-state index contributed by atoms with van der Waals surface area (Å²) in [5.41, 5.74) is 7.93. The molecule has 0 bridgehead atoms. The van der Waals surface area contributed by atoms with Crippen LogP contribution >= 0.6 is 11.6 Å². The van der Waals surface area contributed by atoms with E-state index in [1.807, 2.05) is 19.1 Å². The Morgan fingerprint density at radius 1 is 1.14 bits per heavy atom. The van der Waals surface area contributed by atoms with Gasteiger partial charge in [-0.2, -0.15) is 0 Å². The van der Waals surface area contributed by atoms with Gasteiger partial charge in [0, 0.05) is 22.3 Å². The van der Waals surface area contributed by atoms with Gasteiger partial charge < -0.3 is 15.2 Å². The van der Waals surface area contributed by atoms with E-state index in [1.54, 1.807) is 25.4 Å². The highest BCUT2D eigenvalue weighted by Crippen LogP contribution is 2.32. The van der Waals surface area contributed by atoms with Crippen molar-refractivity contribution in [2.24, 2.45) is 0 Å². The SMILES string of the molecule is CCCOc1ccc(-c2cnc(N)c(OC(C)c3cc(F)ccc3Cl)c2)nc1. The summed E-state index contributed by atoms with van der Waals surface area (Å²) in [5, 5.41) is 0.418. The maximum Gasteiger partial charge on any atom is 0.166 e. The molecule has 146 valence electrons. The third kappa shape index (κ3) is 4.70. The second kappa shape index (κ2) is 8.89. The number of pyridine rings is 2. The van der Waals surface area contributed by atoms with Gasteiger partial charge in [0.05, 0.1) is 18.5 Å². The van der Waals surface area contributed by atoms with E-state index in [1.165, 1.54) is 18.2 Å². The maximum absolute atomic E-state index is 13.6. The van der Waals surface area contributed by atoms with Crippen LogP contribution in [0.1, 0.15) is 31.9 Å². The molecule has 7 heteroatoms. The van der Waals surface area contributed by atoms with Crippen molar-refractivity contribution in [3.8, 4) is 22.8 Å². The number of benzene rings is 1. The van der Waals surface area contributed by atoms with Crippen molar-refractivity contribution in [3.63, 3.8) is 0 Å². The molecular formula is C21H21ClFN3O2. The molecule has 0 amide bonds. The van der Waals surface area contributed by atoms with Gasteiger partial charge in [-0.1, -0.05) is 18.5 Å². The van der Waals surface area contributed by atoms with Crippen molar-refractivity contribution >= 4 is 17.4 Å². The Morgan fingerprint density at radius 2 is 1.96 bits per heavy atom. The number of ether oxygens (including phenoxy) is 2. The summed E-state index contributed by atoms with van der Waals surface area (Å²) in [4.78, 5) is 8.59. The zero-order chi connectivity index (χ0) is 20.1.